The summed E-state index contributed by atoms with van der Waals surface area (Å²) < 4.78 is 47.3. The lowest BCUT2D eigenvalue weighted by molar-refractivity contribution is 0.0305. The van der Waals surface area contributed by atoms with E-state index in [9.17, 15) is 0 Å². The minimum Gasteiger partial charge on any atom is -0.488 e. The molecule has 4 saturated heterocycles. The van der Waals surface area contributed by atoms with Crippen LogP contribution in [0, 0.1) is 0 Å². The Kier molecular flexibility index (Phi) is 26.8. The predicted octanol–water partition coefficient (Wildman–Crippen LogP) is 4.78. The number of benzene rings is 2. The molecule has 2 aromatic carbocycles. The van der Waals surface area contributed by atoms with Crippen LogP contribution in [0.1, 0.15) is 24.0 Å². The van der Waals surface area contributed by atoms with E-state index in [2.05, 4.69) is 56.0 Å². The van der Waals surface area contributed by atoms with E-state index >= 15 is 0 Å². The summed E-state index contributed by atoms with van der Waals surface area (Å²) in [5.74, 6) is 3.34. The number of hydrogen-bond acceptors (Lipinski definition) is 12. The molecule has 12 nitrogen and oxygen atoms in total. The van der Waals surface area contributed by atoms with Gasteiger partial charge in [-0.3, -0.25) is 19.6 Å². The first-order chi connectivity index (χ1) is 25.8. The molecule has 4 heterocycles. The second kappa shape index (κ2) is 29.7. The van der Waals surface area contributed by atoms with Gasteiger partial charge in [-0.1, -0.05) is 12.1 Å². The van der Waals surface area contributed by atoms with Crippen molar-refractivity contribution in [2.45, 2.75) is 25.7 Å². The fourth-order valence-corrected chi connectivity index (χ4v) is 6.98. The molecule has 16 heteroatoms. The zero-order valence-corrected chi connectivity index (χ0v) is 36.2. The van der Waals surface area contributed by atoms with E-state index in [1.165, 1.54) is 11.1 Å². The summed E-state index contributed by atoms with van der Waals surface area (Å²) in [6.45, 7) is 20.1. The van der Waals surface area contributed by atoms with Crippen LogP contribution in [-0.4, -0.2) is 177 Å². The third-order valence-electron chi connectivity index (χ3n) is 10.3. The van der Waals surface area contributed by atoms with Crippen molar-refractivity contribution in [3.8, 4) is 23.0 Å². The molecule has 4 aliphatic rings. The Labute approximate surface area is 359 Å². The van der Waals surface area contributed by atoms with Crippen molar-refractivity contribution in [2.75, 3.05) is 158 Å². The molecule has 4 fully saturated rings. The van der Waals surface area contributed by atoms with Crippen LogP contribution in [-0.2, 0) is 31.8 Å². The minimum absolute atomic E-state index is 0. The fourth-order valence-electron chi connectivity index (χ4n) is 6.98. The van der Waals surface area contributed by atoms with Crippen LogP contribution >= 0.6 is 49.6 Å². The number of ether oxygens (including phenoxy) is 8. The van der Waals surface area contributed by atoms with E-state index in [0.717, 1.165) is 180 Å². The molecular formula is C40H66Cl4N4O8. The highest BCUT2D eigenvalue weighted by Gasteiger charge is 2.16. The van der Waals surface area contributed by atoms with Crippen LogP contribution in [0.5, 0.6) is 23.0 Å². The molecule has 0 aliphatic carbocycles. The molecule has 322 valence electrons. The summed E-state index contributed by atoms with van der Waals surface area (Å²) >= 11 is 0. The van der Waals surface area contributed by atoms with E-state index in [0.29, 0.717) is 26.4 Å². The summed E-state index contributed by atoms with van der Waals surface area (Å²) in [7, 11) is 0. The largest absolute Gasteiger partial charge is 0.488 e. The van der Waals surface area contributed by atoms with Gasteiger partial charge < -0.3 is 37.9 Å². The fraction of sp³-hybridized carbons (Fsp3) is 0.700. The Morgan fingerprint density at radius 3 is 0.929 bits per heavy atom. The molecule has 0 aromatic heterocycles. The summed E-state index contributed by atoms with van der Waals surface area (Å²) in [6, 6.07) is 13.0. The predicted molar refractivity (Wildman–Crippen MR) is 230 cm³/mol. The smallest absolute Gasteiger partial charge is 0.161 e. The van der Waals surface area contributed by atoms with E-state index < -0.39 is 0 Å². The second-order valence-corrected chi connectivity index (χ2v) is 14.0. The van der Waals surface area contributed by atoms with Crippen molar-refractivity contribution < 1.29 is 37.9 Å². The average Bonchev–Trinajstić information content (AvgIpc) is 3.19. The third-order valence-corrected chi connectivity index (χ3v) is 10.3. The van der Waals surface area contributed by atoms with Crippen molar-refractivity contribution in [3.63, 3.8) is 0 Å². The monoisotopic (exact) mass is 870 g/mol. The first-order valence-corrected chi connectivity index (χ1v) is 19.8. The van der Waals surface area contributed by atoms with Gasteiger partial charge in [0.1, 0.15) is 26.4 Å². The van der Waals surface area contributed by atoms with Gasteiger partial charge in [-0.25, -0.2) is 0 Å². The van der Waals surface area contributed by atoms with Gasteiger partial charge in [0.05, 0.1) is 52.9 Å². The summed E-state index contributed by atoms with van der Waals surface area (Å²) in [5, 5.41) is 0. The molecule has 0 saturated carbocycles. The quantitative estimate of drug-likeness (QED) is 0.162. The second-order valence-electron chi connectivity index (χ2n) is 14.0. The highest BCUT2D eigenvalue weighted by Crippen LogP contribution is 2.31. The number of hydrogen-bond donors (Lipinski definition) is 0. The summed E-state index contributed by atoms with van der Waals surface area (Å²) in [6.07, 6.45) is 4.13. The van der Waals surface area contributed by atoms with Crippen LogP contribution in [0.25, 0.3) is 0 Å². The van der Waals surface area contributed by atoms with Gasteiger partial charge in [-0.2, -0.15) is 0 Å². The van der Waals surface area contributed by atoms with Crippen LogP contribution in [0.15, 0.2) is 36.4 Å². The zero-order valence-electron chi connectivity index (χ0n) is 33.0. The van der Waals surface area contributed by atoms with Crippen LogP contribution in [0.3, 0.4) is 0 Å². The standard InChI is InChI=1S/C40H62N4O8.4ClH/c1(3-35-5-7-37(49-29-17-41-9-21-45-22-10-41)39(33-35)51-31-19-43-13-25-47-26-14-43)2-4-36-6-8-38(50-30-18-42-11-23-46-24-12-42)40(34-36)52-32-20-44-15-27-48-28-16-44;;;;/h5-8,33-34H,1-4,9-32H2;4*1H. The van der Waals surface area contributed by atoms with Crippen molar-refractivity contribution in [1.82, 2.24) is 19.6 Å². The lowest BCUT2D eigenvalue weighted by Crippen LogP contribution is -2.39. The topological polar surface area (TPSA) is 86.8 Å². The van der Waals surface area contributed by atoms with Crippen LogP contribution in [0.4, 0.5) is 0 Å². The Hall–Kier alpha value is -1.52. The van der Waals surface area contributed by atoms with Crippen LogP contribution < -0.4 is 18.9 Å². The van der Waals surface area contributed by atoms with Gasteiger partial charge in [-0.15, -0.1) is 49.6 Å². The number of nitrogens with zero attached hydrogens (tertiary/aromatic N) is 4. The minimum atomic E-state index is 0. The highest BCUT2D eigenvalue weighted by atomic mass is 35.5. The average molecular weight is 873 g/mol. The number of rotatable bonds is 21. The molecule has 0 N–H and O–H groups in total. The molecule has 2 aromatic rings. The van der Waals surface area contributed by atoms with Gasteiger partial charge in [0.15, 0.2) is 23.0 Å². The molecule has 0 atom stereocenters. The SMILES string of the molecule is Cl.Cl.Cl.Cl.c1cc(OCCN2CCOCC2)c(OCCN2CCOCC2)cc1CCCCc1ccc(OCCN2CCOCC2)c(OCCN2CCOCC2)c1. The van der Waals surface area contributed by atoms with Gasteiger partial charge in [0.25, 0.3) is 0 Å². The number of aryl methyl sites for hydroxylation is 2. The van der Waals surface area contributed by atoms with Gasteiger partial charge in [0, 0.05) is 78.5 Å². The van der Waals surface area contributed by atoms with Crippen molar-refractivity contribution in [1.29, 1.82) is 0 Å². The normalized spacial score (nSPS) is 18.4. The molecule has 4 aliphatic heterocycles. The van der Waals surface area contributed by atoms with Crippen molar-refractivity contribution in [2.24, 2.45) is 0 Å². The van der Waals surface area contributed by atoms with E-state index in [1.54, 1.807) is 0 Å². The number of halogens is 4. The highest BCUT2D eigenvalue weighted by molar-refractivity contribution is 5.86. The number of morpholine rings is 4. The Morgan fingerprint density at radius 2 is 0.643 bits per heavy atom. The molecule has 0 radical (unpaired) electrons. The molecule has 0 bridgehead atoms. The summed E-state index contributed by atoms with van der Waals surface area (Å²) in [4.78, 5) is 9.59. The number of unbranched alkanes of at least 4 members (excludes halogenated alkanes) is 1. The maximum absolute atomic E-state index is 6.37. The molecular weight excluding hydrogens is 806 g/mol. The Balaban J connectivity index is 0.00000271. The lowest BCUT2D eigenvalue weighted by Gasteiger charge is -2.27. The Morgan fingerprint density at radius 1 is 0.375 bits per heavy atom. The van der Waals surface area contributed by atoms with E-state index in [1.807, 2.05) is 0 Å². The maximum atomic E-state index is 6.37. The molecule has 0 spiro atoms. The lowest BCUT2D eigenvalue weighted by atomic mass is 10.0. The van der Waals surface area contributed by atoms with Crippen LogP contribution in [0.2, 0.25) is 0 Å². The van der Waals surface area contributed by atoms with Crippen molar-refractivity contribution >= 4 is 49.6 Å². The van der Waals surface area contributed by atoms with Gasteiger partial charge in [-0.05, 0) is 61.1 Å². The third kappa shape index (κ3) is 18.2. The zero-order chi connectivity index (χ0) is 35.5. The Bertz CT molecular complexity index is 1200. The molecule has 0 amide bonds. The van der Waals surface area contributed by atoms with Crippen molar-refractivity contribution in [3.05, 3.63) is 47.5 Å². The first-order valence-electron chi connectivity index (χ1n) is 19.8. The van der Waals surface area contributed by atoms with E-state index in [4.69, 9.17) is 37.9 Å². The maximum Gasteiger partial charge on any atom is 0.161 e. The van der Waals surface area contributed by atoms with Gasteiger partial charge in [0.2, 0.25) is 0 Å². The first kappa shape index (κ1) is 50.6. The summed E-state index contributed by atoms with van der Waals surface area (Å²) in [5.41, 5.74) is 2.55. The molecule has 56 heavy (non-hydrogen) atoms. The molecule has 6 rings (SSSR count). The molecule has 0 unspecified atom stereocenters. The van der Waals surface area contributed by atoms with E-state index in [-0.39, 0.29) is 49.6 Å². The van der Waals surface area contributed by atoms with Gasteiger partial charge >= 0.3 is 0 Å².